The number of amides is 2. The molecule has 3 N–H and O–H groups in total. The van der Waals surface area contributed by atoms with E-state index in [2.05, 4.69) is 22.9 Å². The molecule has 2 amide bonds. The summed E-state index contributed by atoms with van der Waals surface area (Å²) in [5.41, 5.74) is -0.368. The van der Waals surface area contributed by atoms with Crippen LogP contribution in [0.2, 0.25) is 0 Å². The first-order chi connectivity index (χ1) is 8.88. The predicted molar refractivity (Wildman–Crippen MR) is 85.1 cm³/mol. The molecule has 0 unspecified atom stereocenters. The van der Waals surface area contributed by atoms with Crippen LogP contribution >= 0.6 is 12.4 Å². The molecule has 6 heteroatoms. The van der Waals surface area contributed by atoms with Gasteiger partial charge in [0.25, 0.3) is 0 Å². The van der Waals surface area contributed by atoms with Crippen LogP contribution < -0.4 is 16.0 Å². The molecule has 0 radical (unpaired) electrons. The van der Waals surface area contributed by atoms with E-state index in [1.54, 1.807) is 0 Å². The molecule has 5 nitrogen and oxygen atoms in total. The van der Waals surface area contributed by atoms with Gasteiger partial charge in [-0.3, -0.25) is 9.59 Å². The van der Waals surface area contributed by atoms with E-state index in [9.17, 15) is 9.59 Å². The molecule has 0 heterocycles. The Morgan fingerprint density at radius 3 is 2.15 bits per heavy atom. The van der Waals surface area contributed by atoms with Crippen LogP contribution in [0.4, 0.5) is 0 Å². The Morgan fingerprint density at radius 2 is 1.60 bits per heavy atom. The quantitative estimate of drug-likeness (QED) is 0.565. The van der Waals surface area contributed by atoms with Gasteiger partial charge in [-0.1, -0.05) is 27.7 Å². The van der Waals surface area contributed by atoms with E-state index >= 15 is 0 Å². The molecule has 0 atom stereocenters. The third-order valence-corrected chi connectivity index (χ3v) is 2.60. The molecule has 0 aliphatic carbocycles. The molecule has 20 heavy (non-hydrogen) atoms. The molecule has 0 rings (SSSR count). The number of halogens is 1. The van der Waals surface area contributed by atoms with Crippen molar-refractivity contribution in [1.82, 2.24) is 16.0 Å². The van der Waals surface area contributed by atoms with E-state index in [1.165, 1.54) is 0 Å². The Hall–Kier alpha value is -0.810. The zero-order valence-electron chi connectivity index (χ0n) is 13.2. The van der Waals surface area contributed by atoms with Crippen molar-refractivity contribution in [3.63, 3.8) is 0 Å². The summed E-state index contributed by atoms with van der Waals surface area (Å²) in [6, 6.07) is 0. The highest BCUT2D eigenvalue weighted by Crippen LogP contribution is 2.12. The van der Waals surface area contributed by atoms with E-state index < -0.39 is 0 Å². The number of hydrogen-bond donors (Lipinski definition) is 3. The highest BCUT2D eigenvalue weighted by atomic mass is 35.5. The summed E-state index contributed by atoms with van der Waals surface area (Å²) >= 11 is 0. The average molecular weight is 308 g/mol. The highest BCUT2D eigenvalue weighted by Gasteiger charge is 2.20. The molecule has 0 saturated carbocycles. The minimum absolute atomic E-state index is 0. The lowest BCUT2D eigenvalue weighted by Crippen LogP contribution is -2.36. The van der Waals surface area contributed by atoms with E-state index in [0.717, 1.165) is 19.5 Å². The van der Waals surface area contributed by atoms with Crippen LogP contribution in [0, 0.1) is 5.41 Å². The van der Waals surface area contributed by atoms with Crippen LogP contribution in [0.3, 0.4) is 0 Å². The van der Waals surface area contributed by atoms with Crippen molar-refractivity contribution in [3.8, 4) is 0 Å². The minimum atomic E-state index is -0.368. The van der Waals surface area contributed by atoms with Crippen LogP contribution in [0.15, 0.2) is 0 Å². The summed E-state index contributed by atoms with van der Waals surface area (Å²) in [5.74, 6) is 0.0694. The number of carbonyl (C=O) groups is 2. The average Bonchev–Trinajstić information content (AvgIpc) is 2.33. The first-order valence-electron chi connectivity index (χ1n) is 7.13. The first kappa shape index (κ1) is 21.5. The zero-order valence-corrected chi connectivity index (χ0v) is 14.0. The van der Waals surface area contributed by atoms with Gasteiger partial charge in [0.1, 0.15) is 0 Å². The minimum Gasteiger partial charge on any atom is -0.356 e. The normalized spacial score (nSPS) is 10.6. The summed E-state index contributed by atoms with van der Waals surface area (Å²) in [6.07, 6.45) is 2.23. The van der Waals surface area contributed by atoms with E-state index in [0.29, 0.717) is 25.9 Å². The zero-order chi connectivity index (χ0) is 14.7. The van der Waals surface area contributed by atoms with E-state index in [4.69, 9.17) is 0 Å². The largest absolute Gasteiger partial charge is 0.356 e. The Balaban J connectivity index is 0. The lowest BCUT2D eigenvalue weighted by atomic mass is 9.96. The molecule has 0 aromatic carbocycles. The number of hydrogen-bond acceptors (Lipinski definition) is 3. The van der Waals surface area contributed by atoms with Crippen molar-refractivity contribution in [1.29, 1.82) is 0 Å². The van der Waals surface area contributed by atoms with Gasteiger partial charge in [0.15, 0.2) is 0 Å². The Bertz CT molecular complexity index is 278. The van der Waals surface area contributed by atoms with Crippen LogP contribution in [-0.2, 0) is 9.59 Å². The number of rotatable bonds is 9. The second kappa shape index (κ2) is 12.0. The molecule has 0 aliphatic heterocycles. The van der Waals surface area contributed by atoms with Gasteiger partial charge in [-0.15, -0.1) is 12.4 Å². The second-order valence-electron chi connectivity index (χ2n) is 5.71. The molecule has 0 aromatic rings. The van der Waals surface area contributed by atoms with Gasteiger partial charge >= 0.3 is 0 Å². The lowest BCUT2D eigenvalue weighted by Gasteiger charge is -2.17. The molecular formula is C14H30ClN3O2. The molecule has 0 fully saturated rings. The lowest BCUT2D eigenvalue weighted by molar-refractivity contribution is -0.128. The van der Waals surface area contributed by atoms with Gasteiger partial charge in [-0.25, -0.2) is 0 Å². The highest BCUT2D eigenvalue weighted by molar-refractivity contribution is 5.85. The third-order valence-electron chi connectivity index (χ3n) is 2.60. The van der Waals surface area contributed by atoms with Crippen molar-refractivity contribution in [2.75, 3.05) is 26.2 Å². The third kappa shape index (κ3) is 12.2. The fourth-order valence-electron chi connectivity index (χ4n) is 1.40. The molecular weight excluding hydrogens is 278 g/mol. The van der Waals surface area contributed by atoms with Gasteiger partial charge < -0.3 is 16.0 Å². The molecule has 0 spiro atoms. The maximum Gasteiger partial charge on any atom is 0.225 e. The van der Waals surface area contributed by atoms with Crippen molar-refractivity contribution in [2.45, 2.75) is 47.0 Å². The summed E-state index contributed by atoms with van der Waals surface area (Å²) in [7, 11) is 0. The first-order valence-corrected chi connectivity index (χ1v) is 7.13. The second-order valence-corrected chi connectivity index (χ2v) is 5.71. The maximum atomic E-state index is 11.6. The monoisotopic (exact) mass is 307 g/mol. The molecule has 0 aromatic heterocycles. The van der Waals surface area contributed by atoms with Crippen molar-refractivity contribution >= 4 is 24.2 Å². The topological polar surface area (TPSA) is 70.2 Å². The summed E-state index contributed by atoms with van der Waals surface area (Å²) in [4.78, 5) is 23.0. The fourth-order valence-corrected chi connectivity index (χ4v) is 1.40. The summed E-state index contributed by atoms with van der Waals surface area (Å²) in [6.45, 7) is 10.7. The van der Waals surface area contributed by atoms with Crippen molar-refractivity contribution in [2.24, 2.45) is 5.41 Å². The SMILES string of the molecule is CCCNCCNC(=O)CCCNC(=O)C(C)(C)C.Cl. The van der Waals surface area contributed by atoms with Crippen molar-refractivity contribution < 1.29 is 9.59 Å². The van der Waals surface area contributed by atoms with E-state index in [-0.39, 0.29) is 29.6 Å². The maximum absolute atomic E-state index is 11.6. The van der Waals surface area contributed by atoms with Gasteiger partial charge in [-0.2, -0.15) is 0 Å². The van der Waals surface area contributed by atoms with Crippen LogP contribution in [-0.4, -0.2) is 38.0 Å². The van der Waals surface area contributed by atoms with Gasteiger partial charge in [0.05, 0.1) is 0 Å². The van der Waals surface area contributed by atoms with Crippen LogP contribution in [0.25, 0.3) is 0 Å². The molecule has 120 valence electrons. The smallest absolute Gasteiger partial charge is 0.225 e. The fraction of sp³-hybridized carbons (Fsp3) is 0.857. The number of carbonyl (C=O) groups excluding carboxylic acids is 2. The van der Waals surface area contributed by atoms with E-state index in [1.807, 2.05) is 20.8 Å². The predicted octanol–water partition coefficient (Wildman–Crippen LogP) is 1.47. The van der Waals surface area contributed by atoms with Gasteiger partial charge in [0, 0.05) is 31.5 Å². The number of nitrogens with one attached hydrogen (secondary N) is 3. The van der Waals surface area contributed by atoms with Gasteiger partial charge in [0.2, 0.25) is 11.8 Å². The van der Waals surface area contributed by atoms with Crippen molar-refractivity contribution in [3.05, 3.63) is 0 Å². The summed E-state index contributed by atoms with van der Waals surface area (Å²) < 4.78 is 0. The van der Waals surface area contributed by atoms with Crippen LogP contribution in [0.5, 0.6) is 0 Å². The van der Waals surface area contributed by atoms with Gasteiger partial charge in [-0.05, 0) is 19.4 Å². The molecule has 0 saturated heterocycles. The molecule has 0 aliphatic rings. The summed E-state index contributed by atoms with van der Waals surface area (Å²) in [5, 5.41) is 8.89. The van der Waals surface area contributed by atoms with Crippen LogP contribution in [0.1, 0.15) is 47.0 Å². The Labute approximate surface area is 129 Å². The standard InChI is InChI=1S/C14H29N3O2.ClH/c1-5-8-15-10-11-16-12(18)7-6-9-17-13(19)14(2,3)4;/h15H,5-11H2,1-4H3,(H,16,18)(H,17,19);1H. The Morgan fingerprint density at radius 1 is 0.950 bits per heavy atom. The molecule has 0 bridgehead atoms. The Kier molecular flexibility index (Phi) is 12.9.